The third-order valence-corrected chi connectivity index (χ3v) is 6.67. The second-order valence-corrected chi connectivity index (χ2v) is 7.88. The fraction of sp³-hybridized carbons (Fsp3) is 0.812. The highest BCUT2D eigenvalue weighted by atomic mass is 32.1. The van der Waals surface area contributed by atoms with Crippen molar-refractivity contribution in [2.75, 3.05) is 0 Å². The van der Waals surface area contributed by atoms with Gasteiger partial charge in [-0.1, -0.05) is 6.92 Å². The summed E-state index contributed by atoms with van der Waals surface area (Å²) < 4.78 is 0. The molecule has 2 nitrogen and oxygen atoms in total. The normalized spacial score (nSPS) is 41.6. The summed E-state index contributed by atoms with van der Waals surface area (Å²) in [5, 5.41) is 7.40. The van der Waals surface area contributed by atoms with Gasteiger partial charge >= 0.3 is 0 Å². The monoisotopic (exact) mass is 276 g/mol. The van der Waals surface area contributed by atoms with E-state index < -0.39 is 0 Å². The van der Waals surface area contributed by atoms with Crippen LogP contribution in [-0.4, -0.2) is 11.0 Å². The van der Waals surface area contributed by atoms with E-state index >= 15 is 0 Å². The molecular weight excluding hydrogens is 252 g/mol. The molecule has 1 N–H and O–H groups in total. The summed E-state index contributed by atoms with van der Waals surface area (Å²) in [5.74, 6) is 4.07. The minimum atomic E-state index is 0.488. The number of nitrogens with zero attached hydrogens (tertiary/aromatic N) is 1. The molecule has 1 atom stereocenters. The van der Waals surface area contributed by atoms with Gasteiger partial charge < -0.3 is 5.32 Å². The summed E-state index contributed by atoms with van der Waals surface area (Å²) in [5.41, 5.74) is 0. The summed E-state index contributed by atoms with van der Waals surface area (Å²) in [6, 6.07) is 1.27. The summed E-state index contributed by atoms with van der Waals surface area (Å²) in [6.45, 7) is 2.29. The average Bonchev–Trinajstić information content (AvgIpc) is 2.91. The largest absolute Gasteiger partial charge is 0.305 e. The predicted molar refractivity (Wildman–Crippen MR) is 79.1 cm³/mol. The molecular formula is C16H24N2S. The fourth-order valence-corrected chi connectivity index (χ4v) is 5.98. The Morgan fingerprint density at radius 2 is 1.89 bits per heavy atom. The molecule has 4 saturated carbocycles. The van der Waals surface area contributed by atoms with Crippen LogP contribution in [0.5, 0.6) is 0 Å². The first-order valence-corrected chi connectivity index (χ1v) is 8.87. The number of hydrogen-bond acceptors (Lipinski definition) is 3. The van der Waals surface area contributed by atoms with E-state index in [9.17, 15) is 0 Å². The molecule has 4 aliphatic carbocycles. The molecule has 1 heterocycles. The van der Waals surface area contributed by atoms with Crippen molar-refractivity contribution in [3.8, 4) is 0 Å². The minimum absolute atomic E-state index is 0.488. The van der Waals surface area contributed by atoms with Gasteiger partial charge in [0.25, 0.3) is 0 Å². The van der Waals surface area contributed by atoms with Crippen molar-refractivity contribution in [3.05, 3.63) is 16.6 Å². The summed E-state index contributed by atoms with van der Waals surface area (Å²) in [7, 11) is 0. The van der Waals surface area contributed by atoms with Crippen LogP contribution in [-0.2, 0) is 0 Å². The molecule has 3 heteroatoms. The molecule has 4 bridgehead atoms. The van der Waals surface area contributed by atoms with E-state index in [2.05, 4.69) is 22.6 Å². The molecule has 0 radical (unpaired) electrons. The molecule has 104 valence electrons. The first-order chi connectivity index (χ1) is 9.33. The van der Waals surface area contributed by atoms with Gasteiger partial charge in [0.2, 0.25) is 0 Å². The predicted octanol–water partition coefficient (Wildman–Crippen LogP) is 4.01. The van der Waals surface area contributed by atoms with Gasteiger partial charge in [-0.3, -0.25) is 0 Å². The quantitative estimate of drug-likeness (QED) is 0.899. The molecule has 5 rings (SSSR count). The molecule has 1 unspecified atom stereocenters. The number of aromatic nitrogens is 1. The zero-order valence-electron chi connectivity index (χ0n) is 11.7. The maximum atomic E-state index is 4.53. The van der Waals surface area contributed by atoms with Gasteiger partial charge in [-0.25, -0.2) is 4.98 Å². The highest BCUT2D eigenvalue weighted by molar-refractivity contribution is 7.09. The second-order valence-electron chi connectivity index (χ2n) is 6.95. The van der Waals surface area contributed by atoms with Gasteiger partial charge in [0.1, 0.15) is 5.01 Å². The number of rotatable bonds is 4. The molecule has 1 aromatic heterocycles. The molecule has 4 fully saturated rings. The zero-order valence-corrected chi connectivity index (χ0v) is 12.5. The summed E-state index contributed by atoms with van der Waals surface area (Å²) in [6.07, 6.45) is 10.6. The van der Waals surface area contributed by atoms with Crippen LogP contribution in [0, 0.1) is 23.7 Å². The van der Waals surface area contributed by atoms with Crippen LogP contribution in [0.25, 0.3) is 0 Å². The van der Waals surface area contributed by atoms with Gasteiger partial charge in [0.05, 0.1) is 6.04 Å². The third-order valence-electron chi connectivity index (χ3n) is 5.78. The lowest BCUT2D eigenvalue weighted by Crippen LogP contribution is -2.55. The van der Waals surface area contributed by atoms with Gasteiger partial charge in [0, 0.05) is 17.6 Å². The first-order valence-electron chi connectivity index (χ1n) is 7.99. The molecule has 0 spiro atoms. The van der Waals surface area contributed by atoms with E-state index in [0.29, 0.717) is 6.04 Å². The van der Waals surface area contributed by atoms with E-state index in [1.54, 1.807) is 6.42 Å². The van der Waals surface area contributed by atoms with Crippen molar-refractivity contribution in [2.24, 2.45) is 23.7 Å². The van der Waals surface area contributed by atoms with Crippen LogP contribution in [0.15, 0.2) is 11.6 Å². The Balaban J connectivity index is 1.50. The maximum absolute atomic E-state index is 4.53. The zero-order chi connectivity index (χ0) is 12.8. The van der Waals surface area contributed by atoms with E-state index in [-0.39, 0.29) is 0 Å². The van der Waals surface area contributed by atoms with Crippen LogP contribution in [0.1, 0.15) is 56.5 Å². The lowest BCUT2D eigenvalue weighted by molar-refractivity contribution is -0.0180. The standard InChI is InChI=1S/C16H24N2S/c1-2-14(16-17-3-4-19-16)18-15-12-6-10-5-11(8-12)9-13(15)7-10/h3-4,10-15,18H,2,5-9H2,1H3. The lowest BCUT2D eigenvalue weighted by Gasteiger charge is -2.55. The van der Waals surface area contributed by atoms with Crippen LogP contribution < -0.4 is 5.32 Å². The maximum Gasteiger partial charge on any atom is 0.109 e. The Hall–Kier alpha value is -0.410. The molecule has 0 saturated heterocycles. The van der Waals surface area contributed by atoms with Crippen molar-refractivity contribution in [1.29, 1.82) is 0 Å². The van der Waals surface area contributed by atoms with Crippen molar-refractivity contribution >= 4 is 11.3 Å². The third kappa shape index (κ3) is 2.15. The number of thiazole rings is 1. The highest BCUT2D eigenvalue weighted by Crippen LogP contribution is 2.54. The second kappa shape index (κ2) is 4.85. The highest BCUT2D eigenvalue weighted by Gasteiger charge is 2.48. The molecule has 0 aromatic carbocycles. The Bertz CT molecular complexity index is 400. The van der Waals surface area contributed by atoms with Gasteiger partial charge in [-0.15, -0.1) is 11.3 Å². The molecule has 4 aliphatic rings. The van der Waals surface area contributed by atoms with E-state index in [0.717, 1.165) is 36.1 Å². The van der Waals surface area contributed by atoms with Gasteiger partial charge in [-0.05, 0) is 62.2 Å². The number of nitrogens with one attached hydrogen (secondary N) is 1. The Labute approximate surface area is 120 Å². The molecule has 1 aromatic rings. The molecule has 0 amide bonds. The Kier molecular flexibility index (Phi) is 3.15. The average molecular weight is 276 g/mol. The van der Waals surface area contributed by atoms with Crippen LogP contribution in [0.3, 0.4) is 0 Å². The SMILES string of the molecule is CCC(NC1C2CC3CC(C2)CC1C3)c1nccs1. The van der Waals surface area contributed by atoms with Crippen molar-refractivity contribution in [3.63, 3.8) is 0 Å². The van der Waals surface area contributed by atoms with Crippen LogP contribution in [0.4, 0.5) is 0 Å². The van der Waals surface area contributed by atoms with Gasteiger partial charge in [0.15, 0.2) is 0 Å². The van der Waals surface area contributed by atoms with E-state index in [4.69, 9.17) is 0 Å². The van der Waals surface area contributed by atoms with E-state index in [1.807, 2.05) is 17.5 Å². The van der Waals surface area contributed by atoms with Crippen LogP contribution >= 0.6 is 11.3 Å². The van der Waals surface area contributed by atoms with Crippen molar-refractivity contribution in [2.45, 2.75) is 57.5 Å². The molecule has 19 heavy (non-hydrogen) atoms. The Morgan fingerprint density at radius 1 is 1.21 bits per heavy atom. The fourth-order valence-electron chi connectivity index (χ4n) is 5.20. The minimum Gasteiger partial charge on any atom is -0.305 e. The van der Waals surface area contributed by atoms with Crippen molar-refractivity contribution in [1.82, 2.24) is 10.3 Å². The Morgan fingerprint density at radius 3 is 2.42 bits per heavy atom. The first kappa shape index (κ1) is 12.3. The van der Waals surface area contributed by atoms with E-state index in [1.165, 1.54) is 30.7 Å². The summed E-state index contributed by atoms with van der Waals surface area (Å²) in [4.78, 5) is 4.53. The number of hydrogen-bond donors (Lipinski definition) is 1. The molecule has 0 aliphatic heterocycles. The van der Waals surface area contributed by atoms with Crippen LogP contribution in [0.2, 0.25) is 0 Å². The smallest absolute Gasteiger partial charge is 0.109 e. The van der Waals surface area contributed by atoms with Crippen molar-refractivity contribution < 1.29 is 0 Å². The topological polar surface area (TPSA) is 24.9 Å². The summed E-state index contributed by atoms with van der Waals surface area (Å²) >= 11 is 1.81. The van der Waals surface area contributed by atoms with Gasteiger partial charge in [-0.2, -0.15) is 0 Å². The lowest BCUT2D eigenvalue weighted by atomic mass is 9.54.